The van der Waals surface area contributed by atoms with Crippen LogP contribution in [0.15, 0.2) is 23.1 Å². The third kappa shape index (κ3) is 5.42. The fourth-order valence-electron chi connectivity index (χ4n) is 2.83. The average molecular weight is 383 g/mol. The number of rotatable bonds is 4. The van der Waals surface area contributed by atoms with Crippen LogP contribution in [0.5, 0.6) is 0 Å². The number of carbonyl (C=O) groups excluding carboxylic acids is 1. The molecule has 1 fully saturated rings. The van der Waals surface area contributed by atoms with Gasteiger partial charge in [0.1, 0.15) is 11.3 Å². The zero-order valence-corrected chi connectivity index (χ0v) is 16.3. The molecule has 8 nitrogen and oxygen atoms in total. The number of carbonyl (C=O) groups is 1. The maximum atomic E-state index is 11.9. The van der Waals surface area contributed by atoms with Crippen molar-refractivity contribution in [2.24, 2.45) is 0 Å². The summed E-state index contributed by atoms with van der Waals surface area (Å²) in [7, 11) is -1.27. The molecule has 0 spiro atoms. The molecule has 1 aliphatic rings. The minimum Gasteiger partial charge on any atom is -0.444 e. The van der Waals surface area contributed by atoms with Crippen LogP contribution in [0, 0.1) is 10.1 Å². The van der Waals surface area contributed by atoms with Gasteiger partial charge in [-0.3, -0.25) is 14.3 Å². The van der Waals surface area contributed by atoms with E-state index >= 15 is 0 Å². The van der Waals surface area contributed by atoms with Crippen LogP contribution in [0.2, 0.25) is 0 Å². The molecule has 1 unspecified atom stereocenters. The molecule has 0 saturated carbocycles. The Morgan fingerprint density at radius 2 is 1.96 bits per heavy atom. The van der Waals surface area contributed by atoms with Gasteiger partial charge in [0, 0.05) is 36.3 Å². The van der Waals surface area contributed by atoms with E-state index in [-0.39, 0.29) is 11.7 Å². The number of piperidine rings is 1. The zero-order chi connectivity index (χ0) is 19.5. The van der Waals surface area contributed by atoms with Crippen molar-refractivity contribution in [3.63, 3.8) is 0 Å². The van der Waals surface area contributed by atoms with Crippen molar-refractivity contribution in [1.29, 1.82) is 0 Å². The molecule has 1 saturated heterocycles. The number of hydrogen-bond acceptors (Lipinski definition) is 6. The number of nitrogens with one attached hydrogen (secondary N) is 1. The van der Waals surface area contributed by atoms with Crippen LogP contribution in [0.1, 0.15) is 33.6 Å². The Hall–Kier alpha value is -2.16. The number of amides is 1. The largest absolute Gasteiger partial charge is 0.444 e. The summed E-state index contributed by atoms with van der Waals surface area (Å²) in [5.74, 6) is 0. The molecule has 26 heavy (non-hydrogen) atoms. The van der Waals surface area contributed by atoms with Crippen molar-refractivity contribution in [2.45, 2.75) is 50.2 Å². The van der Waals surface area contributed by atoms with Crippen molar-refractivity contribution >= 4 is 28.3 Å². The molecule has 1 amide bonds. The number of nitro groups is 1. The summed E-state index contributed by atoms with van der Waals surface area (Å²) >= 11 is 0. The lowest BCUT2D eigenvalue weighted by Gasteiger charge is -2.34. The minimum atomic E-state index is -1.27. The van der Waals surface area contributed by atoms with Crippen LogP contribution in [-0.4, -0.2) is 46.2 Å². The van der Waals surface area contributed by atoms with Crippen LogP contribution in [0.3, 0.4) is 0 Å². The summed E-state index contributed by atoms with van der Waals surface area (Å²) in [6.07, 6.45) is 2.37. The Morgan fingerprint density at radius 1 is 1.35 bits per heavy atom. The first-order chi connectivity index (χ1) is 12.1. The first-order valence-corrected chi connectivity index (χ1v) is 9.99. The van der Waals surface area contributed by atoms with Crippen molar-refractivity contribution in [3.05, 3.63) is 28.3 Å². The van der Waals surface area contributed by atoms with E-state index in [1.807, 2.05) is 4.90 Å². The van der Waals surface area contributed by atoms with Gasteiger partial charge in [-0.2, -0.15) is 0 Å². The van der Waals surface area contributed by atoms with E-state index in [0.717, 1.165) is 0 Å². The molecule has 1 atom stereocenters. The van der Waals surface area contributed by atoms with Crippen LogP contribution in [0.4, 0.5) is 16.2 Å². The Balaban J connectivity index is 2.02. The third-order valence-electron chi connectivity index (χ3n) is 4.03. The Labute approximate surface area is 155 Å². The second kappa shape index (κ2) is 8.03. The molecule has 0 aliphatic carbocycles. The van der Waals surface area contributed by atoms with Crippen LogP contribution in [0.25, 0.3) is 0 Å². The normalized spacial score (nSPS) is 16.8. The standard InChI is InChI=1S/C17H25N3O5S/c1-17(2,3)25-16(21)18-12-7-9-19(10-8-12)14-6-5-13(26(4)24)11-15(14)20(22)23/h5-6,11-12H,7-10H2,1-4H3,(H,18,21). The highest BCUT2D eigenvalue weighted by Crippen LogP contribution is 2.32. The fraction of sp³-hybridized carbons (Fsp3) is 0.588. The maximum Gasteiger partial charge on any atom is 0.407 e. The van der Waals surface area contributed by atoms with Gasteiger partial charge in [0.2, 0.25) is 0 Å². The zero-order valence-electron chi connectivity index (χ0n) is 15.5. The smallest absolute Gasteiger partial charge is 0.407 e. The van der Waals surface area contributed by atoms with Gasteiger partial charge in [-0.25, -0.2) is 4.79 Å². The van der Waals surface area contributed by atoms with E-state index in [4.69, 9.17) is 4.74 Å². The van der Waals surface area contributed by atoms with E-state index in [1.54, 1.807) is 32.9 Å². The number of nitro benzene ring substituents is 1. The Bertz CT molecular complexity index is 709. The van der Waals surface area contributed by atoms with Gasteiger partial charge in [0.25, 0.3) is 5.69 Å². The number of anilines is 1. The van der Waals surface area contributed by atoms with Crippen molar-refractivity contribution in [2.75, 3.05) is 24.2 Å². The lowest BCUT2D eigenvalue weighted by Crippen LogP contribution is -2.46. The Kier molecular flexibility index (Phi) is 6.22. The maximum absolute atomic E-state index is 11.9. The molecule has 0 bridgehead atoms. The van der Waals surface area contributed by atoms with Crippen molar-refractivity contribution in [1.82, 2.24) is 5.32 Å². The van der Waals surface area contributed by atoms with Gasteiger partial charge in [-0.15, -0.1) is 0 Å². The van der Waals surface area contributed by atoms with Crippen LogP contribution in [-0.2, 0) is 15.5 Å². The highest BCUT2D eigenvalue weighted by molar-refractivity contribution is 7.84. The van der Waals surface area contributed by atoms with Gasteiger partial charge >= 0.3 is 6.09 Å². The molecular formula is C17H25N3O5S. The minimum absolute atomic E-state index is 0.0254. The average Bonchev–Trinajstić information content (AvgIpc) is 2.53. The van der Waals surface area contributed by atoms with Crippen molar-refractivity contribution in [3.8, 4) is 0 Å². The molecule has 0 radical (unpaired) electrons. The Morgan fingerprint density at radius 3 is 2.46 bits per heavy atom. The van der Waals surface area contributed by atoms with Gasteiger partial charge < -0.3 is 15.0 Å². The number of alkyl carbamates (subject to hydrolysis) is 1. The molecule has 1 aliphatic heterocycles. The van der Waals surface area contributed by atoms with Gasteiger partial charge in [-0.05, 0) is 45.7 Å². The second-order valence-corrected chi connectivity index (χ2v) is 8.65. The van der Waals surface area contributed by atoms with E-state index in [2.05, 4.69) is 5.32 Å². The fourth-order valence-corrected chi connectivity index (χ4v) is 3.37. The lowest BCUT2D eigenvalue weighted by atomic mass is 10.0. The van der Waals surface area contributed by atoms with Gasteiger partial charge in [-0.1, -0.05) is 0 Å². The highest BCUT2D eigenvalue weighted by Gasteiger charge is 2.27. The molecule has 1 heterocycles. The summed E-state index contributed by atoms with van der Waals surface area (Å²) in [6, 6.07) is 4.65. The molecule has 0 aromatic heterocycles. The highest BCUT2D eigenvalue weighted by atomic mass is 32.2. The summed E-state index contributed by atoms with van der Waals surface area (Å²) in [5, 5.41) is 14.2. The van der Waals surface area contributed by atoms with E-state index < -0.39 is 27.4 Å². The van der Waals surface area contributed by atoms with Gasteiger partial charge in [0.05, 0.1) is 15.7 Å². The van der Waals surface area contributed by atoms with E-state index in [1.165, 1.54) is 12.3 Å². The van der Waals surface area contributed by atoms with Gasteiger partial charge in [0.15, 0.2) is 0 Å². The molecular weight excluding hydrogens is 358 g/mol. The molecule has 9 heteroatoms. The lowest BCUT2D eigenvalue weighted by molar-refractivity contribution is -0.384. The first-order valence-electron chi connectivity index (χ1n) is 8.43. The van der Waals surface area contributed by atoms with E-state index in [9.17, 15) is 19.1 Å². The number of ether oxygens (including phenoxy) is 1. The monoisotopic (exact) mass is 383 g/mol. The SMILES string of the molecule is CS(=O)c1ccc(N2CCC(NC(=O)OC(C)(C)C)CC2)c([N+](=O)[O-])c1. The summed E-state index contributed by atoms with van der Waals surface area (Å²) in [4.78, 5) is 25.2. The molecule has 144 valence electrons. The van der Waals surface area contributed by atoms with E-state index in [0.29, 0.717) is 36.5 Å². The van der Waals surface area contributed by atoms with Crippen LogP contribution < -0.4 is 10.2 Å². The second-order valence-electron chi connectivity index (χ2n) is 7.27. The predicted molar refractivity (Wildman–Crippen MR) is 100 cm³/mol. The van der Waals surface area contributed by atoms with Crippen LogP contribution >= 0.6 is 0 Å². The summed E-state index contributed by atoms with van der Waals surface area (Å²) in [5.41, 5.74) is -0.0804. The molecule has 1 aromatic rings. The number of benzene rings is 1. The van der Waals surface area contributed by atoms with Crippen molar-refractivity contribution < 1.29 is 18.7 Å². The quantitative estimate of drug-likeness (QED) is 0.634. The molecule has 1 N–H and O–H groups in total. The number of nitrogens with zero attached hydrogens (tertiary/aromatic N) is 2. The predicted octanol–water partition coefficient (Wildman–Crippen LogP) is 2.83. The summed E-state index contributed by atoms with van der Waals surface area (Å²) in [6.45, 7) is 6.58. The third-order valence-corrected chi connectivity index (χ3v) is 4.95. The topological polar surface area (TPSA) is 102 Å². The molecule has 2 rings (SSSR count). The number of hydrogen-bond donors (Lipinski definition) is 1. The first kappa shape index (κ1) is 20.2. The summed E-state index contributed by atoms with van der Waals surface area (Å²) < 4.78 is 16.8. The molecule has 1 aromatic carbocycles.